The largest absolute Gasteiger partial charge is 4.00 e. The van der Waals surface area contributed by atoms with E-state index in [1.807, 2.05) is 39.0 Å². The smallest absolute Gasteiger partial charge is 1.00 e. The van der Waals surface area contributed by atoms with Crippen molar-refractivity contribution in [1.82, 2.24) is 0 Å². The SMILES string of the molecule is CC(C)(C)[N-]O.CC1=[C-]C(C)C=C1C.Fc1cc(F)c2cccc3c2c1C=CC3.[Cl-].[Cl-].[Ti+4]. The molecule has 0 fully saturated rings. The average Bonchev–Trinajstić information content (AvgIpc) is 2.95. The summed E-state index contributed by atoms with van der Waals surface area (Å²) in [6.07, 6.45) is 9.89. The molecule has 0 spiro atoms. The summed E-state index contributed by atoms with van der Waals surface area (Å²) in [6.45, 7) is 11.9. The molecule has 0 heterocycles. The third-order valence-electron chi connectivity index (χ3n) is 4.65. The number of halogens is 4. The Hall–Kier alpha value is -1.01. The fraction of sp³-hybridized carbons (Fsp3) is 0.360. The van der Waals surface area contributed by atoms with Crippen molar-refractivity contribution in [3.8, 4) is 0 Å². The normalized spacial score (nSPS) is 15.5. The maximum atomic E-state index is 13.5. The van der Waals surface area contributed by atoms with Crippen LogP contribution in [0, 0.1) is 23.6 Å². The van der Waals surface area contributed by atoms with E-state index in [2.05, 4.69) is 38.4 Å². The van der Waals surface area contributed by atoms with Crippen molar-refractivity contribution in [2.45, 2.75) is 53.5 Å². The summed E-state index contributed by atoms with van der Waals surface area (Å²) < 4.78 is 27.0. The van der Waals surface area contributed by atoms with Crippen molar-refractivity contribution in [1.29, 1.82) is 0 Å². The summed E-state index contributed by atoms with van der Waals surface area (Å²) in [4.78, 5) is 0. The Balaban J connectivity index is 0. The van der Waals surface area contributed by atoms with Crippen molar-refractivity contribution in [3.63, 3.8) is 0 Å². The van der Waals surface area contributed by atoms with Crippen molar-refractivity contribution < 1.29 is 60.5 Å². The molecule has 0 saturated heterocycles. The first-order chi connectivity index (χ1) is 13.5. The topological polar surface area (TPSA) is 34.3 Å². The summed E-state index contributed by atoms with van der Waals surface area (Å²) in [7, 11) is 0. The van der Waals surface area contributed by atoms with E-state index in [0.29, 0.717) is 16.9 Å². The second-order valence-corrected chi connectivity index (χ2v) is 8.38. The molecule has 172 valence electrons. The van der Waals surface area contributed by atoms with Gasteiger partial charge in [0.15, 0.2) is 0 Å². The second kappa shape index (κ2) is 14.3. The summed E-state index contributed by atoms with van der Waals surface area (Å²) >= 11 is 0. The van der Waals surface area contributed by atoms with E-state index in [-0.39, 0.29) is 52.1 Å². The van der Waals surface area contributed by atoms with E-state index in [4.69, 9.17) is 5.21 Å². The fourth-order valence-corrected chi connectivity index (χ4v) is 3.14. The van der Waals surface area contributed by atoms with Crippen LogP contribution in [0.25, 0.3) is 22.3 Å². The van der Waals surface area contributed by atoms with Gasteiger partial charge >= 0.3 is 21.7 Å². The van der Waals surface area contributed by atoms with Crippen LogP contribution < -0.4 is 24.8 Å². The fourth-order valence-electron chi connectivity index (χ4n) is 3.14. The molecule has 1 N–H and O–H groups in total. The standard InChI is InChI=1S/C13H8F2.C8H11.C4H10NO.2ClH.Ti/c14-11-7-12(15)10-6-2-4-8-3-1-5-9(11)13(8)10;1-6-4-7(2)8(3)5-6;1-4(2,3)5-6;;;/h1-3,5-7H,4H2;4,6H,1-3H3;6H,1-3H3;2*1H;/q;2*-1;;;+4/p-2. The van der Waals surface area contributed by atoms with Gasteiger partial charge in [0.1, 0.15) is 11.6 Å². The monoisotopic (exact) mass is 515 g/mol. The number of hydrogen-bond donors (Lipinski definition) is 1. The van der Waals surface area contributed by atoms with Crippen LogP contribution in [0.3, 0.4) is 0 Å². The predicted octanol–water partition coefficient (Wildman–Crippen LogP) is 1.57. The number of allylic oxidation sites excluding steroid dienone is 5. The zero-order valence-corrected chi connectivity index (χ0v) is 22.3. The van der Waals surface area contributed by atoms with Crippen LogP contribution in [0.5, 0.6) is 0 Å². The maximum Gasteiger partial charge on any atom is 4.00 e. The van der Waals surface area contributed by atoms with Crippen molar-refractivity contribution in [3.05, 3.63) is 81.9 Å². The minimum atomic E-state index is -0.483. The first-order valence-electron chi connectivity index (χ1n) is 9.74. The first-order valence-corrected chi connectivity index (χ1v) is 9.74. The quantitative estimate of drug-likeness (QED) is 0.322. The predicted molar refractivity (Wildman–Crippen MR) is 117 cm³/mol. The number of benzene rings is 2. The molecule has 0 amide bonds. The molecule has 1 atom stereocenters. The second-order valence-electron chi connectivity index (χ2n) is 8.38. The third kappa shape index (κ3) is 9.09. The minimum absolute atomic E-state index is 0. The zero-order chi connectivity index (χ0) is 21.8. The van der Waals surface area contributed by atoms with Gasteiger partial charge in [-0.1, -0.05) is 70.9 Å². The number of nitrogens with zero attached hydrogens (tertiary/aromatic N) is 1. The van der Waals surface area contributed by atoms with Crippen LogP contribution in [0.2, 0.25) is 0 Å². The van der Waals surface area contributed by atoms with Gasteiger partial charge in [0.05, 0.1) is 0 Å². The molecule has 1 unspecified atom stereocenters. The molecule has 2 nitrogen and oxygen atoms in total. The molecule has 0 saturated carbocycles. The minimum Gasteiger partial charge on any atom is -1.00 e. The number of hydroxylamine groups is 1. The van der Waals surface area contributed by atoms with E-state index in [9.17, 15) is 8.78 Å². The molecule has 7 heteroatoms. The van der Waals surface area contributed by atoms with Crippen LogP contribution in [-0.4, -0.2) is 10.7 Å². The average molecular weight is 516 g/mol. The summed E-state index contributed by atoms with van der Waals surface area (Å²) in [5.41, 5.74) is 6.94. The molecule has 32 heavy (non-hydrogen) atoms. The number of hydrogen-bond acceptors (Lipinski definition) is 1. The zero-order valence-electron chi connectivity index (χ0n) is 19.2. The van der Waals surface area contributed by atoms with Gasteiger partial charge < -0.3 is 35.5 Å². The Morgan fingerprint density at radius 1 is 1.09 bits per heavy atom. The van der Waals surface area contributed by atoms with Crippen LogP contribution in [0.1, 0.15) is 52.7 Å². The van der Waals surface area contributed by atoms with Gasteiger partial charge in [0, 0.05) is 17.0 Å². The molecular formula is C25H29Cl2F2NOTi. The molecule has 0 bridgehead atoms. The maximum absolute atomic E-state index is 13.5. The van der Waals surface area contributed by atoms with Gasteiger partial charge in [0.2, 0.25) is 0 Å². The van der Waals surface area contributed by atoms with Gasteiger partial charge in [-0.3, -0.25) is 6.08 Å². The molecule has 0 aromatic heterocycles. The van der Waals surface area contributed by atoms with Crippen LogP contribution in [0.4, 0.5) is 8.78 Å². The van der Waals surface area contributed by atoms with E-state index in [1.165, 1.54) is 11.1 Å². The third-order valence-corrected chi connectivity index (χ3v) is 4.65. The molecular weight excluding hydrogens is 487 g/mol. The van der Waals surface area contributed by atoms with Gasteiger partial charge in [-0.05, 0) is 17.4 Å². The van der Waals surface area contributed by atoms with E-state index in [1.54, 1.807) is 12.1 Å². The Labute approximate surface area is 217 Å². The Morgan fingerprint density at radius 3 is 2.12 bits per heavy atom. The van der Waals surface area contributed by atoms with Crippen molar-refractivity contribution >= 4 is 16.8 Å². The van der Waals surface area contributed by atoms with Gasteiger partial charge in [-0.15, -0.1) is 12.5 Å². The molecule has 2 aliphatic rings. The van der Waals surface area contributed by atoms with Crippen LogP contribution in [0.15, 0.2) is 47.6 Å². The van der Waals surface area contributed by atoms with Crippen molar-refractivity contribution in [2.75, 3.05) is 0 Å². The van der Waals surface area contributed by atoms with Gasteiger partial charge in [-0.25, -0.2) is 19.9 Å². The van der Waals surface area contributed by atoms with Gasteiger partial charge in [-0.2, -0.15) is 6.08 Å². The molecule has 4 rings (SSSR count). The first kappa shape index (κ1) is 33.2. The molecule has 2 aliphatic carbocycles. The summed E-state index contributed by atoms with van der Waals surface area (Å²) in [5.74, 6) is -0.415. The Morgan fingerprint density at radius 2 is 1.69 bits per heavy atom. The Kier molecular flexibility index (Phi) is 14.8. The number of rotatable bonds is 0. The van der Waals surface area contributed by atoms with Gasteiger partial charge in [0.25, 0.3) is 0 Å². The van der Waals surface area contributed by atoms with Crippen LogP contribution in [-0.2, 0) is 28.1 Å². The van der Waals surface area contributed by atoms with E-state index in [0.717, 1.165) is 23.4 Å². The molecule has 0 radical (unpaired) electrons. The molecule has 2 aromatic rings. The summed E-state index contributed by atoms with van der Waals surface area (Å²) in [5, 5.41) is 9.26. The summed E-state index contributed by atoms with van der Waals surface area (Å²) in [6, 6.07) is 6.36. The molecule has 2 aromatic carbocycles. The van der Waals surface area contributed by atoms with E-state index < -0.39 is 11.6 Å². The Bertz CT molecular complexity index is 964. The van der Waals surface area contributed by atoms with Crippen LogP contribution >= 0.6 is 0 Å². The molecule has 0 aliphatic heterocycles. The van der Waals surface area contributed by atoms with E-state index >= 15 is 0 Å². The van der Waals surface area contributed by atoms with Crippen molar-refractivity contribution in [2.24, 2.45) is 5.92 Å².